The van der Waals surface area contributed by atoms with Crippen molar-refractivity contribution in [2.45, 2.75) is 19.1 Å². The van der Waals surface area contributed by atoms with Crippen LogP contribution in [0.25, 0.3) is 16.9 Å². The number of ether oxygens (including phenoxy) is 2. The topological polar surface area (TPSA) is 67.0 Å². The number of nitrogens with zero attached hydrogens (tertiary/aromatic N) is 5. The van der Waals surface area contributed by atoms with Gasteiger partial charge in [0.2, 0.25) is 0 Å². The molecule has 0 bridgehead atoms. The highest BCUT2D eigenvalue weighted by atomic mass is 127. The Labute approximate surface area is 181 Å². The van der Waals surface area contributed by atoms with Gasteiger partial charge in [0.1, 0.15) is 21.8 Å². The van der Waals surface area contributed by atoms with Crippen molar-refractivity contribution in [2.75, 3.05) is 6.61 Å². The fourth-order valence-electron chi connectivity index (χ4n) is 3.31. The van der Waals surface area contributed by atoms with E-state index in [9.17, 15) is 0 Å². The van der Waals surface area contributed by atoms with Crippen LogP contribution in [0, 0.1) is 3.70 Å². The van der Waals surface area contributed by atoms with Crippen LogP contribution in [0.5, 0.6) is 11.8 Å². The summed E-state index contributed by atoms with van der Waals surface area (Å²) in [7, 11) is 0. The summed E-state index contributed by atoms with van der Waals surface area (Å²) in [6, 6.07) is 18.4. The highest BCUT2D eigenvalue weighted by Gasteiger charge is 2.37. The van der Waals surface area contributed by atoms with Crippen molar-refractivity contribution in [3.05, 3.63) is 70.7 Å². The van der Waals surface area contributed by atoms with E-state index in [-0.39, 0.29) is 0 Å². The number of benzene rings is 2. The summed E-state index contributed by atoms with van der Waals surface area (Å²) in [5, 5.41) is 8.49. The van der Waals surface area contributed by atoms with Crippen LogP contribution in [-0.2, 0) is 6.54 Å². The van der Waals surface area contributed by atoms with Crippen LogP contribution in [0.4, 0.5) is 0 Å². The first-order valence-corrected chi connectivity index (χ1v) is 10.3. The highest BCUT2D eigenvalue weighted by Crippen LogP contribution is 2.30. The summed E-state index contributed by atoms with van der Waals surface area (Å²) in [6.07, 6.45) is 3.90. The minimum absolute atomic E-state index is 0.429. The van der Waals surface area contributed by atoms with Gasteiger partial charge in [-0.1, -0.05) is 35.5 Å². The van der Waals surface area contributed by atoms with Crippen LogP contribution in [0.3, 0.4) is 0 Å². The van der Waals surface area contributed by atoms with Gasteiger partial charge in [-0.05, 0) is 53.8 Å². The van der Waals surface area contributed by atoms with E-state index in [1.54, 1.807) is 4.68 Å². The average Bonchev–Trinajstić information content (AvgIpc) is 3.41. The predicted molar refractivity (Wildman–Crippen MR) is 116 cm³/mol. The average molecular weight is 499 g/mol. The van der Waals surface area contributed by atoms with E-state index in [4.69, 9.17) is 9.47 Å². The van der Waals surface area contributed by atoms with Crippen molar-refractivity contribution in [3.8, 4) is 28.7 Å². The molecule has 4 aromatic rings. The number of hydrogen-bond acceptors (Lipinski definition) is 5. The highest BCUT2D eigenvalue weighted by molar-refractivity contribution is 14.1. The second-order valence-corrected chi connectivity index (χ2v) is 8.33. The lowest BCUT2D eigenvalue weighted by molar-refractivity contribution is 0.0503. The molecule has 0 spiro atoms. The quantitative estimate of drug-likeness (QED) is 0.389. The second kappa shape index (κ2) is 7.18. The SMILES string of the molecule is C[C@]1(COc2ccc(-n3cc(-c4ccccc4)nn3)cc2)Cn2cc(I)nc2O1. The summed E-state index contributed by atoms with van der Waals surface area (Å²) < 4.78 is 16.7. The molecule has 29 heavy (non-hydrogen) atoms. The molecule has 0 N–H and O–H groups in total. The van der Waals surface area contributed by atoms with E-state index in [0.29, 0.717) is 12.6 Å². The molecule has 0 saturated heterocycles. The normalized spacial score (nSPS) is 17.7. The second-order valence-electron chi connectivity index (χ2n) is 7.22. The Bertz CT molecular complexity index is 1110. The predicted octanol–water partition coefficient (Wildman–Crippen LogP) is 3.97. The summed E-state index contributed by atoms with van der Waals surface area (Å²) in [5.74, 6) is 0.779. The van der Waals surface area contributed by atoms with Gasteiger partial charge < -0.3 is 9.47 Å². The minimum atomic E-state index is -0.429. The zero-order chi connectivity index (χ0) is 19.8. The minimum Gasteiger partial charge on any atom is -0.489 e. The van der Waals surface area contributed by atoms with E-state index in [0.717, 1.165) is 32.9 Å². The first-order valence-electron chi connectivity index (χ1n) is 9.21. The van der Waals surface area contributed by atoms with E-state index >= 15 is 0 Å². The number of halogens is 1. The Balaban J connectivity index is 1.24. The van der Waals surface area contributed by atoms with Crippen molar-refractivity contribution in [1.29, 1.82) is 0 Å². The molecule has 0 radical (unpaired) electrons. The number of hydrogen-bond donors (Lipinski definition) is 0. The van der Waals surface area contributed by atoms with Crippen molar-refractivity contribution >= 4 is 22.6 Å². The third kappa shape index (κ3) is 3.71. The maximum absolute atomic E-state index is 5.98. The van der Waals surface area contributed by atoms with Crippen LogP contribution in [0.2, 0.25) is 0 Å². The van der Waals surface area contributed by atoms with Gasteiger partial charge in [0.15, 0.2) is 5.60 Å². The van der Waals surface area contributed by atoms with Gasteiger partial charge in [-0.3, -0.25) is 4.57 Å². The molecule has 0 unspecified atom stereocenters. The van der Waals surface area contributed by atoms with E-state index in [1.807, 2.05) is 78.5 Å². The van der Waals surface area contributed by atoms with Gasteiger partial charge in [0.25, 0.3) is 6.01 Å². The van der Waals surface area contributed by atoms with Crippen LogP contribution < -0.4 is 9.47 Å². The molecule has 2 aromatic carbocycles. The van der Waals surface area contributed by atoms with Crippen molar-refractivity contribution in [2.24, 2.45) is 0 Å². The van der Waals surface area contributed by atoms with Gasteiger partial charge in [-0.25, -0.2) is 4.68 Å². The van der Waals surface area contributed by atoms with Crippen LogP contribution in [-0.4, -0.2) is 36.8 Å². The van der Waals surface area contributed by atoms with Gasteiger partial charge >= 0.3 is 0 Å². The molecule has 1 atom stereocenters. The lowest BCUT2D eigenvalue weighted by Crippen LogP contribution is -2.38. The van der Waals surface area contributed by atoms with Crippen LogP contribution in [0.1, 0.15) is 6.92 Å². The summed E-state index contributed by atoms with van der Waals surface area (Å²) in [6.45, 7) is 3.19. The number of fused-ring (bicyclic) bond motifs is 1. The van der Waals surface area contributed by atoms with Gasteiger partial charge in [-0.2, -0.15) is 4.98 Å². The molecule has 0 saturated carbocycles. The molecule has 146 valence electrons. The Morgan fingerprint density at radius 3 is 2.66 bits per heavy atom. The monoisotopic (exact) mass is 499 g/mol. The molecule has 8 heteroatoms. The zero-order valence-electron chi connectivity index (χ0n) is 15.7. The lowest BCUT2D eigenvalue weighted by atomic mass is 10.1. The van der Waals surface area contributed by atoms with E-state index in [2.05, 4.69) is 37.9 Å². The fourth-order valence-corrected chi connectivity index (χ4v) is 3.86. The molecule has 0 aliphatic carbocycles. The molecule has 3 heterocycles. The molecule has 7 nitrogen and oxygen atoms in total. The number of aromatic nitrogens is 5. The molecule has 5 rings (SSSR count). The third-order valence-corrected chi connectivity index (χ3v) is 5.28. The molecule has 0 fully saturated rings. The van der Waals surface area contributed by atoms with E-state index in [1.165, 1.54) is 0 Å². The fraction of sp³-hybridized carbons (Fsp3) is 0.190. The van der Waals surface area contributed by atoms with Crippen molar-refractivity contribution in [3.63, 3.8) is 0 Å². The number of rotatable bonds is 5. The number of imidazole rings is 1. The van der Waals surface area contributed by atoms with E-state index < -0.39 is 5.60 Å². The Kier molecular flexibility index (Phi) is 4.50. The van der Waals surface area contributed by atoms with Crippen molar-refractivity contribution in [1.82, 2.24) is 24.5 Å². The molecule has 1 aliphatic rings. The van der Waals surface area contributed by atoms with Gasteiger partial charge in [0, 0.05) is 11.8 Å². The lowest BCUT2D eigenvalue weighted by Gasteiger charge is -2.22. The summed E-state index contributed by atoms with van der Waals surface area (Å²) in [4.78, 5) is 4.37. The summed E-state index contributed by atoms with van der Waals surface area (Å²) in [5.41, 5.74) is 2.37. The standard InChI is InChI=1S/C21H18IN5O2/c1-21(13-26-12-19(22)23-20(26)29-21)14-28-17-9-7-16(8-10-17)27-11-18(24-25-27)15-5-3-2-4-6-15/h2-12H,13-14H2,1H3/t21-/m1/s1. The van der Waals surface area contributed by atoms with Crippen LogP contribution >= 0.6 is 22.6 Å². The van der Waals surface area contributed by atoms with Crippen molar-refractivity contribution < 1.29 is 9.47 Å². The largest absolute Gasteiger partial charge is 0.489 e. The zero-order valence-corrected chi connectivity index (χ0v) is 17.9. The molecule has 1 aliphatic heterocycles. The molecular weight excluding hydrogens is 481 g/mol. The van der Waals surface area contributed by atoms with Crippen LogP contribution in [0.15, 0.2) is 67.0 Å². The molecular formula is C21H18IN5O2. The van der Waals surface area contributed by atoms with Gasteiger partial charge in [-0.15, -0.1) is 5.10 Å². The third-order valence-electron chi connectivity index (χ3n) is 4.76. The Hall–Kier alpha value is -2.88. The molecule has 2 aromatic heterocycles. The first kappa shape index (κ1) is 18.2. The maximum atomic E-state index is 5.98. The Morgan fingerprint density at radius 1 is 1.10 bits per heavy atom. The summed E-state index contributed by atoms with van der Waals surface area (Å²) >= 11 is 2.18. The maximum Gasteiger partial charge on any atom is 0.298 e. The van der Waals surface area contributed by atoms with Gasteiger partial charge in [0.05, 0.1) is 18.4 Å². The smallest absolute Gasteiger partial charge is 0.298 e. The molecule has 0 amide bonds. The first-order chi connectivity index (χ1) is 14.1. The Morgan fingerprint density at radius 2 is 1.90 bits per heavy atom.